The number of imidazole rings is 1. The summed E-state index contributed by atoms with van der Waals surface area (Å²) < 4.78 is 2.04. The second-order valence-corrected chi connectivity index (χ2v) is 4.28. The van der Waals surface area contributed by atoms with Gasteiger partial charge in [-0.1, -0.05) is 15.9 Å². The third kappa shape index (κ3) is 1.52. The van der Waals surface area contributed by atoms with Gasteiger partial charge >= 0.3 is 6.09 Å². The van der Waals surface area contributed by atoms with E-state index in [-0.39, 0.29) is 0 Å². The highest BCUT2D eigenvalue weighted by Crippen LogP contribution is 2.24. The summed E-state index contributed by atoms with van der Waals surface area (Å²) >= 11 is 3.34. The number of fused-ring (bicyclic) bond motifs is 1. The molecule has 15 heavy (non-hydrogen) atoms. The van der Waals surface area contributed by atoms with Gasteiger partial charge in [-0.2, -0.15) is 0 Å². The molecule has 0 radical (unpaired) electrons. The number of nitrogens with zero attached hydrogens (tertiary/aromatic N) is 2. The molecule has 0 aliphatic rings. The molecular weight excluding hydrogens is 260 g/mol. The first-order valence-corrected chi connectivity index (χ1v) is 5.18. The smallest absolute Gasteiger partial charge is 0.417 e. The van der Waals surface area contributed by atoms with E-state index >= 15 is 0 Å². The molecular formula is C10H9BrN2O2. The van der Waals surface area contributed by atoms with Gasteiger partial charge in [-0.3, -0.25) is 0 Å². The molecule has 0 saturated carbocycles. The van der Waals surface area contributed by atoms with Crippen LogP contribution in [0.2, 0.25) is 0 Å². The first kappa shape index (κ1) is 10.2. The highest BCUT2D eigenvalue weighted by atomic mass is 79.9. The summed E-state index contributed by atoms with van der Waals surface area (Å²) in [6, 6.07) is 3.68. The van der Waals surface area contributed by atoms with Crippen molar-refractivity contribution in [1.29, 1.82) is 0 Å². The molecule has 0 aliphatic carbocycles. The Balaban J connectivity index is 2.93. The maximum atomic E-state index is 11.0. The molecule has 0 bridgehead atoms. The number of benzene rings is 1. The van der Waals surface area contributed by atoms with Gasteiger partial charge in [-0.05, 0) is 31.5 Å². The van der Waals surface area contributed by atoms with Crippen LogP contribution in [0.25, 0.3) is 11.0 Å². The molecule has 1 heterocycles. The summed E-state index contributed by atoms with van der Waals surface area (Å²) in [7, 11) is 0. The number of carboxylic acid groups (broad SMARTS) is 1. The predicted molar refractivity (Wildman–Crippen MR) is 60.3 cm³/mol. The number of hydrogen-bond donors (Lipinski definition) is 1. The number of carbonyl (C=O) groups is 1. The second kappa shape index (κ2) is 3.34. The van der Waals surface area contributed by atoms with Crippen molar-refractivity contribution in [3.05, 3.63) is 28.0 Å². The average molecular weight is 269 g/mol. The lowest BCUT2D eigenvalue weighted by atomic mass is 10.2. The van der Waals surface area contributed by atoms with Crippen molar-refractivity contribution < 1.29 is 9.90 Å². The summed E-state index contributed by atoms with van der Waals surface area (Å²) in [5.41, 5.74) is 2.31. The predicted octanol–water partition coefficient (Wildman–Crippen LogP) is 2.94. The van der Waals surface area contributed by atoms with E-state index in [4.69, 9.17) is 5.11 Å². The Morgan fingerprint density at radius 1 is 1.47 bits per heavy atom. The van der Waals surface area contributed by atoms with Crippen LogP contribution < -0.4 is 0 Å². The normalized spacial score (nSPS) is 10.9. The van der Waals surface area contributed by atoms with Crippen LogP contribution in [0.4, 0.5) is 4.79 Å². The number of halogens is 1. The minimum absolute atomic E-state index is 0.485. The van der Waals surface area contributed by atoms with Crippen LogP contribution >= 0.6 is 15.9 Å². The van der Waals surface area contributed by atoms with Crippen LogP contribution in [-0.4, -0.2) is 20.8 Å². The number of aromatic nitrogens is 2. The molecule has 4 nitrogen and oxygen atoms in total. The Morgan fingerprint density at radius 3 is 2.73 bits per heavy atom. The highest BCUT2D eigenvalue weighted by molar-refractivity contribution is 9.10. The van der Waals surface area contributed by atoms with E-state index in [1.807, 2.05) is 13.0 Å². The van der Waals surface area contributed by atoms with Gasteiger partial charge < -0.3 is 5.11 Å². The Bertz CT molecular complexity index is 560. The fourth-order valence-electron chi connectivity index (χ4n) is 1.66. The molecule has 1 aromatic carbocycles. The molecule has 0 spiro atoms. The molecule has 2 aromatic rings. The van der Waals surface area contributed by atoms with Crippen molar-refractivity contribution in [2.45, 2.75) is 13.8 Å². The Labute approximate surface area is 94.7 Å². The summed E-state index contributed by atoms with van der Waals surface area (Å²) in [5.74, 6) is 0.485. The minimum Gasteiger partial charge on any atom is -0.464 e. The monoisotopic (exact) mass is 268 g/mol. The maximum Gasteiger partial charge on any atom is 0.417 e. The number of hydrogen-bond acceptors (Lipinski definition) is 2. The summed E-state index contributed by atoms with van der Waals surface area (Å²) in [5, 5.41) is 9.04. The second-order valence-electron chi connectivity index (χ2n) is 3.37. The fraction of sp³-hybridized carbons (Fsp3) is 0.200. The standard InChI is InChI=1S/C10H9BrN2O2/c1-5-3-7(11)4-8-9(5)12-6(2)13(8)10(14)15/h3-4H,1-2H3,(H,14,15). The van der Waals surface area contributed by atoms with Crippen LogP contribution in [0, 0.1) is 13.8 Å². The van der Waals surface area contributed by atoms with E-state index in [1.165, 1.54) is 4.57 Å². The lowest BCUT2D eigenvalue weighted by molar-refractivity contribution is 0.197. The zero-order valence-electron chi connectivity index (χ0n) is 8.28. The molecule has 1 N–H and O–H groups in total. The molecule has 0 unspecified atom stereocenters. The molecule has 0 amide bonds. The average Bonchev–Trinajstić information content (AvgIpc) is 2.41. The zero-order valence-corrected chi connectivity index (χ0v) is 9.87. The third-order valence-electron chi connectivity index (χ3n) is 2.27. The quantitative estimate of drug-likeness (QED) is 0.799. The molecule has 5 heteroatoms. The van der Waals surface area contributed by atoms with Crippen LogP contribution in [0.5, 0.6) is 0 Å². The van der Waals surface area contributed by atoms with Gasteiger partial charge in [0.25, 0.3) is 0 Å². The lowest BCUT2D eigenvalue weighted by Crippen LogP contribution is -2.09. The van der Waals surface area contributed by atoms with Crippen LogP contribution in [0.15, 0.2) is 16.6 Å². The third-order valence-corrected chi connectivity index (χ3v) is 2.73. The topological polar surface area (TPSA) is 55.1 Å². The van der Waals surface area contributed by atoms with Gasteiger partial charge in [0.05, 0.1) is 11.0 Å². The minimum atomic E-state index is -1.01. The molecule has 0 fully saturated rings. The number of aryl methyl sites for hydroxylation is 2. The summed E-state index contributed by atoms with van der Waals surface area (Å²) in [6.07, 6.45) is -1.01. The van der Waals surface area contributed by atoms with E-state index in [0.717, 1.165) is 15.6 Å². The van der Waals surface area contributed by atoms with Gasteiger partial charge in [0.1, 0.15) is 5.82 Å². The molecule has 1 aromatic heterocycles. The van der Waals surface area contributed by atoms with Gasteiger partial charge in [-0.15, -0.1) is 0 Å². The van der Waals surface area contributed by atoms with E-state index in [9.17, 15) is 4.79 Å². The first-order chi connectivity index (χ1) is 7.00. The van der Waals surface area contributed by atoms with Gasteiger partial charge in [0.2, 0.25) is 0 Å². The zero-order chi connectivity index (χ0) is 11.2. The van der Waals surface area contributed by atoms with Gasteiger partial charge in [0, 0.05) is 4.47 Å². The molecule has 2 rings (SSSR count). The van der Waals surface area contributed by atoms with E-state index in [1.54, 1.807) is 13.0 Å². The number of rotatable bonds is 0. The molecule has 0 atom stereocenters. The SMILES string of the molecule is Cc1cc(Br)cc2c1nc(C)n2C(=O)O. The van der Waals surface area contributed by atoms with Crippen molar-refractivity contribution in [1.82, 2.24) is 9.55 Å². The van der Waals surface area contributed by atoms with Gasteiger partial charge in [0.15, 0.2) is 0 Å². The molecule has 0 aliphatic heterocycles. The Kier molecular flexibility index (Phi) is 2.26. The lowest BCUT2D eigenvalue weighted by Gasteiger charge is -2.00. The van der Waals surface area contributed by atoms with Crippen molar-refractivity contribution in [3.63, 3.8) is 0 Å². The first-order valence-electron chi connectivity index (χ1n) is 4.39. The van der Waals surface area contributed by atoms with Gasteiger partial charge in [-0.25, -0.2) is 14.3 Å². The highest BCUT2D eigenvalue weighted by Gasteiger charge is 2.14. The molecule has 78 valence electrons. The van der Waals surface area contributed by atoms with Crippen molar-refractivity contribution in [2.24, 2.45) is 0 Å². The van der Waals surface area contributed by atoms with E-state index in [2.05, 4.69) is 20.9 Å². The van der Waals surface area contributed by atoms with E-state index in [0.29, 0.717) is 11.3 Å². The maximum absolute atomic E-state index is 11.0. The summed E-state index contributed by atoms with van der Waals surface area (Å²) in [6.45, 7) is 3.59. The largest absolute Gasteiger partial charge is 0.464 e. The fourth-order valence-corrected chi connectivity index (χ4v) is 2.22. The Morgan fingerprint density at radius 2 is 2.13 bits per heavy atom. The van der Waals surface area contributed by atoms with E-state index < -0.39 is 6.09 Å². The van der Waals surface area contributed by atoms with Crippen molar-refractivity contribution in [3.8, 4) is 0 Å². The molecule has 0 saturated heterocycles. The van der Waals surface area contributed by atoms with Crippen LogP contribution in [-0.2, 0) is 0 Å². The van der Waals surface area contributed by atoms with Crippen LogP contribution in [0.1, 0.15) is 11.4 Å². The Hall–Kier alpha value is -1.36. The van der Waals surface area contributed by atoms with Crippen molar-refractivity contribution in [2.75, 3.05) is 0 Å². The summed E-state index contributed by atoms with van der Waals surface area (Å²) in [4.78, 5) is 15.3. The van der Waals surface area contributed by atoms with Crippen LogP contribution in [0.3, 0.4) is 0 Å². The van der Waals surface area contributed by atoms with Crippen molar-refractivity contribution >= 4 is 33.1 Å².